The van der Waals surface area contributed by atoms with Gasteiger partial charge in [-0.2, -0.15) is 5.26 Å². The van der Waals surface area contributed by atoms with E-state index in [1.165, 1.54) is 5.56 Å². The molecule has 0 unspecified atom stereocenters. The average Bonchev–Trinajstić information content (AvgIpc) is 2.34. The van der Waals surface area contributed by atoms with Crippen molar-refractivity contribution in [2.24, 2.45) is 0 Å². The highest BCUT2D eigenvalue weighted by Gasteiger charge is 2.13. The number of hydrogen-bond donors (Lipinski definition) is 0. The molecule has 0 bridgehead atoms. The summed E-state index contributed by atoms with van der Waals surface area (Å²) in [7, 11) is 0. The third kappa shape index (κ3) is 3.97. The summed E-state index contributed by atoms with van der Waals surface area (Å²) in [6, 6.07) is 8.00. The first-order chi connectivity index (χ1) is 8.58. The average molecular weight is 244 g/mol. The topological polar surface area (TPSA) is 44.1 Å². The minimum atomic E-state index is 0.132. The smallest absolute Gasteiger partial charge is 0.177 e. The lowest BCUT2D eigenvalue weighted by Crippen LogP contribution is -2.30. The third-order valence-corrected chi connectivity index (χ3v) is 3.04. The predicted octanol–water partition coefficient (Wildman–Crippen LogP) is 2.72. The van der Waals surface area contributed by atoms with E-state index in [1.807, 2.05) is 43.9 Å². The highest BCUT2D eigenvalue weighted by Crippen LogP contribution is 2.12. The standard InChI is InChI=1S/C15H20N2O/c1-4-17(9-5-8-16)11-15(18)14-7-6-12(2)10-13(14)3/h6-7,10H,4-5,9,11H2,1-3H3. The molecule has 1 aromatic rings. The monoisotopic (exact) mass is 244 g/mol. The van der Waals surface area contributed by atoms with Gasteiger partial charge in [-0.25, -0.2) is 0 Å². The molecule has 3 nitrogen and oxygen atoms in total. The summed E-state index contributed by atoms with van der Waals surface area (Å²) >= 11 is 0. The van der Waals surface area contributed by atoms with Crippen molar-refractivity contribution in [2.45, 2.75) is 27.2 Å². The zero-order chi connectivity index (χ0) is 13.5. The Bertz CT molecular complexity index is 460. The minimum Gasteiger partial charge on any atom is -0.295 e. The van der Waals surface area contributed by atoms with Gasteiger partial charge in [0.2, 0.25) is 0 Å². The van der Waals surface area contributed by atoms with Crippen molar-refractivity contribution < 1.29 is 4.79 Å². The summed E-state index contributed by atoms with van der Waals surface area (Å²) in [5.74, 6) is 0.132. The summed E-state index contributed by atoms with van der Waals surface area (Å²) in [6.07, 6.45) is 0.466. The number of nitriles is 1. The highest BCUT2D eigenvalue weighted by atomic mass is 16.1. The quantitative estimate of drug-likeness (QED) is 0.723. The molecular weight excluding hydrogens is 224 g/mol. The van der Waals surface area contributed by atoms with Crippen molar-refractivity contribution in [3.63, 3.8) is 0 Å². The summed E-state index contributed by atoms with van der Waals surface area (Å²) in [6.45, 7) is 7.83. The van der Waals surface area contributed by atoms with E-state index in [1.54, 1.807) is 0 Å². The number of carbonyl (C=O) groups excluding carboxylic acids is 1. The predicted molar refractivity (Wildman–Crippen MR) is 72.6 cm³/mol. The van der Waals surface area contributed by atoms with Crippen LogP contribution in [0.1, 0.15) is 34.8 Å². The maximum atomic E-state index is 12.2. The van der Waals surface area contributed by atoms with Crippen molar-refractivity contribution in [3.05, 3.63) is 34.9 Å². The molecule has 0 atom stereocenters. The van der Waals surface area contributed by atoms with Gasteiger partial charge >= 0.3 is 0 Å². The van der Waals surface area contributed by atoms with Gasteiger partial charge in [-0.1, -0.05) is 30.7 Å². The van der Waals surface area contributed by atoms with Crippen LogP contribution in [-0.4, -0.2) is 30.3 Å². The molecule has 3 heteroatoms. The largest absolute Gasteiger partial charge is 0.295 e. The van der Waals surface area contributed by atoms with Gasteiger partial charge in [0.1, 0.15) is 0 Å². The van der Waals surface area contributed by atoms with Crippen LogP contribution in [0.3, 0.4) is 0 Å². The molecule has 1 aromatic carbocycles. The summed E-state index contributed by atoms with van der Waals surface area (Å²) in [4.78, 5) is 14.2. The van der Waals surface area contributed by atoms with Crippen LogP contribution in [0.25, 0.3) is 0 Å². The molecule has 0 spiro atoms. The Labute approximate surface area is 109 Å². The Hall–Kier alpha value is -1.66. The van der Waals surface area contributed by atoms with Gasteiger partial charge < -0.3 is 0 Å². The molecule has 0 radical (unpaired) electrons. The molecule has 0 fully saturated rings. The summed E-state index contributed by atoms with van der Waals surface area (Å²) in [5, 5.41) is 8.57. The van der Waals surface area contributed by atoms with Gasteiger partial charge in [0.25, 0.3) is 0 Å². The molecule has 0 saturated carbocycles. The number of nitrogens with zero attached hydrogens (tertiary/aromatic N) is 2. The number of likely N-dealkylation sites (N-methyl/N-ethyl adjacent to an activating group) is 1. The minimum absolute atomic E-state index is 0.132. The second-order valence-electron chi connectivity index (χ2n) is 4.52. The van der Waals surface area contributed by atoms with E-state index < -0.39 is 0 Å². The third-order valence-electron chi connectivity index (χ3n) is 3.04. The number of Topliss-reactive ketones (excluding diaryl/α,β-unsaturated/α-hetero) is 1. The maximum absolute atomic E-state index is 12.2. The highest BCUT2D eigenvalue weighted by molar-refractivity contribution is 5.98. The Morgan fingerprint density at radius 1 is 1.39 bits per heavy atom. The zero-order valence-electron chi connectivity index (χ0n) is 11.4. The lowest BCUT2D eigenvalue weighted by molar-refractivity contribution is 0.0934. The molecule has 18 heavy (non-hydrogen) atoms. The molecule has 0 aliphatic carbocycles. The van der Waals surface area contributed by atoms with Gasteiger partial charge in [0.15, 0.2) is 5.78 Å². The number of benzene rings is 1. The van der Waals surface area contributed by atoms with Crippen LogP contribution in [0.4, 0.5) is 0 Å². The summed E-state index contributed by atoms with van der Waals surface area (Å²) < 4.78 is 0. The number of ketones is 1. The molecule has 1 rings (SSSR count). The van der Waals surface area contributed by atoms with Crippen LogP contribution < -0.4 is 0 Å². The van der Waals surface area contributed by atoms with Gasteiger partial charge in [-0.15, -0.1) is 0 Å². The molecule has 96 valence electrons. The molecule has 0 amide bonds. The second-order valence-corrected chi connectivity index (χ2v) is 4.52. The van der Waals surface area contributed by atoms with E-state index in [0.717, 1.165) is 17.7 Å². The van der Waals surface area contributed by atoms with E-state index in [9.17, 15) is 4.79 Å². The fourth-order valence-corrected chi connectivity index (χ4v) is 1.97. The molecule has 0 aromatic heterocycles. The van der Waals surface area contributed by atoms with Gasteiger partial charge in [-0.3, -0.25) is 9.69 Å². The van der Waals surface area contributed by atoms with E-state index in [-0.39, 0.29) is 5.78 Å². The first-order valence-corrected chi connectivity index (χ1v) is 6.28. The van der Waals surface area contributed by atoms with Crippen molar-refractivity contribution in [1.29, 1.82) is 5.26 Å². The fourth-order valence-electron chi connectivity index (χ4n) is 1.97. The fraction of sp³-hybridized carbons (Fsp3) is 0.467. The Kier molecular flexibility index (Phi) is 5.54. The van der Waals surface area contributed by atoms with E-state index in [0.29, 0.717) is 19.5 Å². The molecule has 0 aliphatic heterocycles. The first-order valence-electron chi connectivity index (χ1n) is 6.28. The number of hydrogen-bond acceptors (Lipinski definition) is 3. The Morgan fingerprint density at radius 2 is 2.11 bits per heavy atom. The Morgan fingerprint density at radius 3 is 2.67 bits per heavy atom. The molecule has 0 N–H and O–H groups in total. The van der Waals surface area contributed by atoms with Crippen molar-refractivity contribution >= 4 is 5.78 Å². The lowest BCUT2D eigenvalue weighted by Gasteiger charge is -2.18. The van der Waals surface area contributed by atoms with E-state index >= 15 is 0 Å². The van der Waals surface area contributed by atoms with Crippen molar-refractivity contribution in [2.75, 3.05) is 19.6 Å². The normalized spacial score (nSPS) is 10.4. The second kappa shape index (κ2) is 6.93. The maximum Gasteiger partial charge on any atom is 0.177 e. The van der Waals surface area contributed by atoms with Gasteiger partial charge in [0, 0.05) is 18.5 Å². The molecular formula is C15H20N2O. The van der Waals surface area contributed by atoms with Gasteiger partial charge in [-0.05, 0) is 26.0 Å². The van der Waals surface area contributed by atoms with Crippen LogP contribution in [-0.2, 0) is 0 Å². The first kappa shape index (κ1) is 14.4. The molecule has 0 saturated heterocycles. The molecule has 0 heterocycles. The van der Waals surface area contributed by atoms with Crippen molar-refractivity contribution in [3.8, 4) is 6.07 Å². The van der Waals surface area contributed by atoms with Crippen LogP contribution in [0.2, 0.25) is 0 Å². The van der Waals surface area contributed by atoms with Crippen molar-refractivity contribution in [1.82, 2.24) is 4.90 Å². The zero-order valence-corrected chi connectivity index (χ0v) is 11.4. The van der Waals surface area contributed by atoms with Crippen LogP contribution >= 0.6 is 0 Å². The van der Waals surface area contributed by atoms with Crippen LogP contribution in [0.5, 0.6) is 0 Å². The van der Waals surface area contributed by atoms with Gasteiger partial charge in [0.05, 0.1) is 12.6 Å². The van der Waals surface area contributed by atoms with Crippen LogP contribution in [0.15, 0.2) is 18.2 Å². The molecule has 0 aliphatic rings. The van der Waals surface area contributed by atoms with Crippen LogP contribution in [0, 0.1) is 25.2 Å². The Balaban J connectivity index is 2.72. The lowest BCUT2D eigenvalue weighted by atomic mass is 10.0. The number of rotatable bonds is 6. The SMILES string of the molecule is CCN(CCC#N)CC(=O)c1ccc(C)cc1C. The number of aryl methyl sites for hydroxylation is 2. The van der Waals surface area contributed by atoms with E-state index in [2.05, 4.69) is 6.07 Å². The van der Waals surface area contributed by atoms with E-state index in [4.69, 9.17) is 5.26 Å². The summed E-state index contributed by atoms with van der Waals surface area (Å²) in [5.41, 5.74) is 2.98. The number of carbonyl (C=O) groups is 1.